The van der Waals surface area contributed by atoms with Crippen molar-refractivity contribution in [3.8, 4) is 11.5 Å². The van der Waals surface area contributed by atoms with Gasteiger partial charge >= 0.3 is 0 Å². The van der Waals surface area contributed by atoms with Crippen LogP contribution in [0, 0.1) is 0 Å². The number of likely N-dealkylation sites (tertiary alicyclic amines) is 1. The van der Waals surface area contributed by atoms with Gasteiger partial charge in [-0.1, -0.05) is 6.42 Å². The average molecular weight is 346 g/mol. The summed E-state index contributed by atoms with van der Waals surface area (Å²) in [4.78, 5) is 14.5. The maximum Gasteiger partial charge on any atom is 0.244 e. The van der Waals surface area contributed by atoms with Crippen molar-refractivity contribution < 1.29 is 14.3 Å². The van der Waals surface area contributed by atoms with E-state index in [1.807, 2.05) is 12.1 Å². The molecule has 5 heteroatoms. The number of ether oxygens (including phenoxy) is 2. The zero-order valence-corrected chi connectivity index (χ0v) is 15.6. The molecule has 1 aliphatic heterocycles. The highest BCUT2D eigenvalue weighted by atomic mass is 16.5. The van der Waals surface area contributed by atoms with Crippen molar-refractivity contribution in [2.75, 3.05) is 33.9 Å². The Bertz CT molecular complexity index is 586. The van der Waals surface area contributed by atoms with Crippen molar-refractivity contribution >= 4 is 12.0 Å². The first kappa shape index (κ1) is 19.3. The molecule has 1 atom stereocenters. The molecule has 1 heterocycles. The average Bonchev–Trinajstić information content (AvgIpc) is 2.64. The lowest BCUT2D eigenvalue weighted by Crippen LogP contribution is -2.39. The molecule has 1 saturated heterocycles. The van der Waals surface area contributed by atoms with Crippen molar-refractivity contribution in [3.63, 3.8) is 0 Å². The van der Waals surface area contributed by atoms with Gasteiger partial charge < -0.3 is 19.7 Å². The Labute approximate surface area is 151 Å². The minimum atomic E-state index is -0.0791. The second-order valence-electron chi connectivity index (χ2n) is 6.47. The smallest absolute Gasteiger partial charge is 0.244 e. The molecule has 5 nitrogen and oxygen atoms in total. The number of nitrogens with one attached hydrogen (secondary N) is 1. The molecule has 1 amide bonds. The van der Waals surface area contributed by atoms with E-state index in [1.54, 1.807) is 32.4 Å². The molecular weight excluding hydrogens is 316 g/mol. The van der Waals surface area contributed by atoms with Gasteiger partial charge in [0.2, 0.25) is 5.91 Å². The normalized spacial score (nSPS) is 18.3. The van der Waals surface area contributed by atoms with Crippen molar-refractivity contribution in [2.45, 2.75) is 38.6 Å². The summed E-state index contributed by atoms with van der Waals surface area (Å²) < 4.78 is 10.5. The zero-order chi connectivity index (χ0) is 18.1. The van der Waals surface area contributed by atoms with Gasteiger partial charge in [0.25, 0.3) is 0 Å². The predicted octanol–water partition coefficient (Wildman–Crippen LogP) is 3.10. The minimum absolute atomic E-state index is 0.0791. The van der Waals surface area contributed by atoms with Crippen LogP contribution in [0.1, 0.15) is 38.2 Å². The Morgan fingerprint density at radius 1 is 1.32 bits per heavy atom. The van der Waals surface area contributed by atoms with Gasteiger partial charge in [0.15, 0.2) is 0 Å². The van der Waals surface area contributed by atoms with Crippen molar-refractivity contribution in [2.24, 2.45) is 0 Å². The fourth-order valence-corrected chi connectivity index (χ4v) is 3.16. The number of benzene rings is 1. The molecule has 1 N–H and O–H groups in total. The van der Waals surface area contributed by atoms with Gasteiger partial charge in [-0.2, -0.15) is 0 Å². The predicted molar refractivity (Wildman–Crippen MR) is 101 cm³/mol. The number of methoxy groups -OCH3 is 2. The van der Waals surface area contributed by atoms with E-state index < -0.39 is 0 Å². The molecule has 2 rings (SSSR count). The van der Waals surface area contributed by atoms with E-state index >= 15 is 0 Å². The van der Waals surface area contributed by atoms with E-state index in [-0.39, 0.29) is 5.91 Å². The number of carbonyl (C=O) groups excluding carboxylic acids is 1. The summed E-state index contributed by atoms with van der Waals surface area (Å²) in [5.74, 6) is 1.33. The van der Waals surface area contributed by atoms with Crippen LogP contribution in [0.25, 0.3) is 6.08 Å². The Kier molecular flexibility index (Phi) is 7.79. The monoisotopic (exact) mass is 346 g/mol. The van der Waals surface area contributed by atoms with Gasteiger partial charge in [-0.05, 0) is 50.9 Å². The number of hydrogen-bond donors (Lipinski definition) is 1. The molecule has 138 valence electrons. The molecule has 0 spiro atoms. The molecule has 25 heavy (non-hydrogen) atoms. The maximum atomic E-state index is 12.0. The highest BCUT2D eigenvalue weighted by Gasteiger charge is 2.17. The van der Waals surface area contributed by atoms with E-state index in [9.17, 15) is 4.79 Å². The maximum absolute atomic E-state index is 12.0. The lowest BCUT2D eigenvalue weighted by Gasteiger charge is -2.33. The first-order chi connectivity index (χ1) is 12.1. The minimum Gasteiger partial charge on any atom is -0.497 e. The van der Waals surface area contributed by atoms with Crippen LogP contribution >= 0.6 is 0 Å². The molecule has 1 fully saturated rings. The van der Waals surface area contributed by atoms with Crippen LogP contribution in [-0.2, 0) is 4.79 Å². The Balaban J connectivity index is 1.75. The van der Waals surface area contributed by atoms with Gasteiger partial charge in [-0.15, -0.1) is 0 Å². The van der Waals surface area contributed by atoms with E-state index in [2.05, 4.69) is 17.1 Å². The molecule has 1 aliphatic rings. The molecule has 0 aromatic heterocycles. The van der Waals surface area contributed by atoms with Gasteiger partial charge in [0, 0.05) is 36.8 Å². The largest absolute Gasteiger partial charge is 0.497 e. The summed E-state index contributed by atoms with van der Waals surface area (Å²) in [6.45, 7) is 5.23. The lowest BCUT2D eigenvalue weighted by atomic mass is 10.0. The second kappa shape index (κ2) is 10.1. The second-order valence-corrected chi connectivity index (χ2v) is 6.47. The van der Waals surface area contributed by atoms with Crippen LogP contribution in [0.4, 0.5) is 0 Å². The molecule has 0 saturated carbocycles. The summed E-state index contributed by atoms with van der Waals surface area (Å²) in [6, 6.07) is 6.20. The number of piperidine rings is 1. The van der Waals surface area contributed by atoms with Crippen molar-refractivity contribution in [1.29, 1.82) is 0 Å². The summed E-state index contributed by atoms with van der Waals surface area (Å²) in [5.41, 5.74) is 0.848. The summed E-state index contributed by atoms with van der Waals surface area (Å²) >= 11 is 0. The van der Waals surface area contributed by atoms with Crippen molar-refractivity contribution in [1.82, 2.24) is 10.2 Å². The summed E-state index contributed by atoms with van der Waals surface area (Å²) in [6.07, 6.45) is 8.22. The lowest BCUT2D eigenvalue weighted by molar-refractivity contribution is -0.116. The number of hydrogen-bond acceptors (Lipinski definition) is 4. The number of amides is 1. The van der Waals surface area contributed by atoms with Gasteiger partial charge in [-0.3, -0.25) is 4.79 Å². The quantitative estimate of drug-likeness (QED) is 0.580. The SMILES string of the molecule is COc1ccc(/C=C/C(=O)NCCCN2CCCC[C@@H]2C)c(OC)c1. The highest BCUT2D eigenvalue weighted by Crippen LogP contribution is 2.25. The van der Waals surface area contributed by atoms with E-state index in [1.165, 1.54) is 25.8 Å². The molecule has 1 aromatic rings. The fourth-order valence-electron chi connectivity index (χ4n) is 3.16. The first-order valence-corrected chi connectivity index (χ1v) is 9.06. The zero-order valence-electron chi connectivity index (χ0n) is 15.6. The molecule has 1 aromatic carbocycles. The van der Waals surface area contributed by atoms with E-state index in [0.29, 0.717) is 18.3 Å². The topological polar surface area (TPSA) is 50.8 Å². The molecule has 0 aliphatic carbocycles. The van der Waals surface area contributed by atoms with Crippen LogP contribution in [-0.4, -0.2) is 50.7 Å². The fraction of sp³-hybridized carbons (Fsp3) is 0.550. The van der Waals surface area contributed by atoms with Crippen LogP contribution < -0.4 is 14.8 Å². The third-order valence-corrected chi connectivity index (χ3v) is 4.72. The van der Waals surface area contributed by atoms with Gasteiger partial charge in [0.1, 0.15) is 11.5 Å². The third-order valence-electron chi connectivity index (χ3n) is 4.72. The van der Waals surface area contributed by atoms with Gasteiger partial charge in [0.05, 0.1) is 14.2 Å². The Morgan fingerprint density at radius 3 is 2.88 bits per heavy atom. The standard InChI is InChI=1S/C20H30N2O3/c1-16-7-4-5-13-22(16)14-6-12-21-20(23)11-9-17-8-10-18(24-2)15-19(17)25-3/h8-11,15-16H,4-7,12-14H2,1-3H3,(H,21,23)/b11-9+/t16-/m0/s1. The molecular formula is C20H30N2O3. The molecule has 0 radical (unpaired) electrons. The number of rotatable bonds is 8. The van der Waals surface area contributed by atoms with Gasteiger partial charge in [-0.25, -0.2) is 0 Å². The Hall–Kier alpha value is -2.01. The van der Waals surface area contributed by atoms with Crippen LogP contribution in [0.5, 0.6) is 11.5 Å². The van der Waals surface area contributed by atoms with Crippen LogP contribution in [0.15, 0.2) is 24.3 Å². The van der Waals surface area contributed by atoms with Crippen molar-refractivity contribution in [3.05, 3.63) is 29.8 Å². The van der Waals surface area contributed by atoms with Crippen LogP contribution in [0.3, 0.4) is 0 Å². The molecule has 0 bridgehead atoms. The van der Waals surface area contributed by atoms with Crippen LogP contribution in [0.2, 0.25) is 0 Å². The number of carbonyl (C=O) groups is 1. The molecule has 0 unspecified atom stereocenters. The highest BCUT2D eigenvalue weighted by molar-refractivity contribution is 5.92. The Morgan fingerprint density at radius 2 is 2.16 bits per heavy atom. The summed E-state index contributed by atoms with van der Waals surface area (Å²) in [5, 5.41) is 2.95. The number of nitrogens with zero attached hydrogens (tertiary/aromatic N) is 1. The van der Waals surface area contributed by atoms with E-state index in [0.717, 1.165) is 24.3 Å². The first-order valence-electron chi connectivity index (χ1n) is 9.06. The van der Waals surface area contributed by atoms with E-state index in [4.69, 9.17) is 9.47 Å². The summed E-state index contributed by atoms with van der Waals surface area (Å²) in [7, 11) is 3.22. The third kappa shape index (κ3) is 6.09.